The zero-order valence-corrected chi connectivity index (χ0v) is 12.5. The highest BCUT2D eigenvalue weighted by Crippen LogP contribution is 2.26. The Kier molecular flexibility index (Phi) is 4.09. The second-order valence-electron chi connectivity index (χ2n) is 5.46. The van der Waals surface area contributed by atoms with Crippen LogP contribution in [0.3, 0.4) is 0 Å². The molecule has 1 aromatic heterocycles. The van der Waals surface area contributed by atoms with Crippen LogP contribution < -0.4 is 10.5 Å². The average molecular weight is 301 g/mol. The van der Waals surface area contributed by atoms with Crippen molar-refractivity contribution in [3.8, 4) is 0 Å². The zero-order chi connectivity index (χ0) is 15.5. The second kappa shape index (κ2) is 6.17. The molecule has 2 aromatic rings. The Morgan fingerprint density at radius 3 is 2.95 bits per heavy atom. The van der Waals surface area contributed by atoms with E-state index in [2.05, 4.69) is 15.1 Å². The Balaban J connectivity index is 1.92. The number of aromatic amines is 1. The van der Waals surface area contributed by atoms with Crippen LogP contribution in [-0.2, 0) is 9.53 Å². The molecule has 116 valence electrons. The molecule has 1 saturated heterocycles. The fourth-order valence-electron chi connectivity index (χ4n) is 2.96. The van der Waals surface area contributed by atoms with E-state index >= 15 is 0 Å². The largest absolute Gasteiger partial charge is 0.466 e. The van der Waals surface area contributed by atoms with E-state index < -0.39 is 0 Å². The smallest absolute Gasteiger partial charge is 0.310 e. The van der Waals surface area contributed by atoms with Gasteiger partial charge in [-0.2, -0.15) is 5.10 Å². The number of carbonyl (C=O) groups excluding carboxylic acids is 1. The molecule has 0 spiro atoms. The van der Waals surface area contributed by atoms with E-state index in [9.17, 15) is 9.59 Å². The van der Waals surface area contributed by atoms with Crippen LogP contribution in [0.2, 0.25) is 0 Å². The van der Waals surface area contributed by atoms with Gasteiger partial charge in [-0.05, 0) is 25.8 Å². The van der Waals surface area contributed by atoms with Gasteiger partial charge in [0.15, 0.2) is 5.82 Å². The lowest BCUT2D eigenvalue weighted by Crippen LogP contribution is -2.40. The number of nitrogens with one attached hydrogen (secondary N) is 1. The molecule has 0 saturated carbocycles. The van der Waals surface area contributed by atoms with Crippen molar-refractivity contribution in [2.24, 2.45) is 5.92 Å². The molecule has 3 rings (SSSR count). The molecule has 1 N–H and O–H groups in total. The summed E-state index contributed by atoms with van der Waals surface area (Å²) in [4.78, 5) is 25.9. The first kappa shape index (κ1) is 14.6. The summed E-state index contributed by atoms with van der Waals surface area (Å²) in [6.07, 6.45) is 1.73. The van der Waals surface area contributed by atoms with Crippen molar-refractivity contribution in [2.45, 2.75) is 19.8 Å². The molecule has 1 aliphatic heterocycles. The summed E-state index contributed by atoms with van der Waals surface area (Å²) in [5, 5.41) is 8.18. The van der Waals surface area contributed by atoms with E-state index in [0.717, 1.165) is 30.6 Å². The number of benzene rings is 1. The third-order valence-corrected chi connectivity index (χ3v) is 4.02. The van der Waals surface area contributed by atoms with Crippen molar-refractivity contribution >= 4 is 22.6 Å². The number of hydrogen-bond donors (Lipinski definition) is 1. The molecule has 6 heteroatoms. The first-order valence-corrected chi connectivity index (χ1v) is 7.59. The van der Waals surface area contributed by atoms with Crippen LogP contribution in [0.1, 0.15) is 19.8 Å². The van der Waals surface area contributed by atoms with E-state index in [1.54, 1.807) is 6.07 Å². The number of rotatable bonds is 3. The fourth-order valence-corrected chi connectivity index (χ4v) is 2.96. The maximum atomic E-state index is 12.0. The minimum absolute atomic E-state index is 0.138. The minimum atomic E-state index is -0.196. The zero-order valence-electron chi connectivity index (χ0n) is 12.5. The number of nitrogens with zero attached hydrogens (tertiary/aromatic N) is 2. The minimum Gasteiger partial charge on any atom is -0.466 e. The van der Waals surface area contributed by atoms with Gasteiger partial charge in [0.2, 0.25) is 0 Å². The van der Waals surface area contributed by atoms with Crippen LogP contribution in [0, 0.1) is 5.92 Å². The lowest BCUT2D eigenvalue weighted by atomic mass is 9.98. The van der Waals surface area contributed by atoms with Crippen molar-refractivity contribution in [1.29, 1.82) is 0 Å². The van der Waals surface area contributed by atoms with E-state index in [1.165, 1.54) is 0 Å². The monoisotopic (exact) mass is 301 g/mol. The maximum Gasteiger partial charge on any atom is 0.310 e. The normalized spacial score (nSPS) is 18.4. The van der Waals surface area contributed by atoms with Gasteiger partial charge in [0.1, 0.15) is 0 Å². The Morgan fingerprint density at radius 2 is 2.18 bits per heavy atom. The summed E-state index contributed by atoms with van der Waals surface area (Å²) in [6.45, 7) is 3.60. The van der Waals surface area contributed by atoms with Crippen molar-refractivity contribution in [2.75, 3.05) is 24.6 Å². The first-order valence-electron chi connectivity index (χ1n) is 7.59. The quantitative estimate of drug-likeness (QED) is 0.873. The number of fused-ring (bicyclic) bond motifs is 1. The summed E-state index contributed by atoms with van der Waals surface area (Å²) in [7, 11) is 0. The van der Waals surface area contributed by atoms with Gasteiger partial charge in [0, 0.05) is 18.5 Å². The Labute approximate surface area is 128 Å². The van der Waals surface area contributed by atoms with E-state index in [4.69, 9.17) is 4.74 Å². The first-order chi connectivity index (χ1) is 10.7. The van der Waals surface area contributed by atoms with Crippen LogP contribution in [0.15, 0.2) is 29.1 Å². The summed E-state index contributed by atoms with van der Waals surface area (Å²) in [5.41, 5.74) is -0.196. The molecule has 6 nitrogen and oxygen atoms in total. The van der Waals surface area contributed by atoms with E-state index in [1.807, 2.05) is 25.1 Å². The van der Waals surface area contributed by atoms with Crippen LogP contribution in [0.5, 0.6) is 0 Å². The highest BCUT2D eigenvalue weighted by atomic mass is 16.5. The average Bonchev–Trinajstić information content (AvgIpc) is 2.56. The number of aromatic nitrogens is 2. The third-order valence-electron chi connectivity index (χ3n) is 4.02. The molecule has 1 atom stereocenters. The number of carbonyl (C=O) groups is 1. The predicted molar refractivity (Wildman–Crippen MR) is 83.9 cm³/mol. The van der Waals surface area contributed by atoms with Crippen molar-refractivity contribution in [3.05, 3.63) is 34.6 Å². The van der Waals surface area contributed by atoms with E-state index in [-0.39, 0.29) is 17.4 Å². The Bertz CT molecular complexity index is 741. The van der Waals surface area contributed by atoms with Gasteiger partial charge >= 0.3 is 5.97 Å². The van der Waals surface area contributed by atoms with Gasteiger partial charge in [-0.15, -0.1) is 0 Å². The topological polar surface area (TPSA) is 75.3 Å². The van der Waals surface area contributed by atoms with Gasteiger partial charge < -0.3 is 9.64 Å². The SMILES string of the molecule is CCOC(=O)C1CCCN(c2n[nH]c(=O)c3ccccc23)C1. The molecule has 22 heavy (non-hydrogen) atoms. The van der Waals surface area contributed by atoms with Gasteiger partial charge in [0.05, 0.1) is 17.9 Å². The highest BCUT2D eigenvalue weighted by molar-refractivity contribution is 5.91. The van der Waals surface area contributed by atoms with Crippen LogP contribution in [-0.4, -0.2) is 35.9 Å². The van der Waals surface area contributed by atoms with Gasteiger partial charge in [-0.1, -0.05) is 18.2 Å². The summed E-state index contributed by atoms with van der Waals surface area (Å²) in [6, 6.07) is 7.39. The predicted octanol–water partition coefficient (Wildman–Crippen LogP) is 1.70. The molecular weight excluding hydrogens is 282 g/mol. The van der Waals surface area contributed by atoms with Crippen LogP contribution >= 0.6 is 0 Å². The van der Waals surface area contributed by atoms with Gasteiger partial charge in [-0.25, -0.2) is 5.10 Å². The molecule has 1 fully saturated rings. The van der Waals surface area contributed by atoms with Crippen LogP contribution in [0.4, 0.5) is 5.82 Å². The second-order valence-corrected chi connectivity index (χ2v) is 5.46. The molecule has 1 aromatic carbocycles. The third kappa shape index (κ3) is 2.68. The lowest BCUT2D eigenvalue weighted by Gasteiger charge is -2.32. The standard InChI is InChI=1S/C16H19N3O3/c1-2-22-16(21)11-6-5-9-19(10-11)14-12-7-3-4-8-13(12)15(20)18-17-14/h3-4,7-8,11H,2,5-6,9-10H2,1H3,(H,18,20). The van der Waals surface area contributed by atoms with Crippen molar-refractivity contribution < 1.29 is 9.53 Å². The lowest BCUT2D eigenvalue weighted by molar-refractivity contribution is -0.148. The number of H-pyrrole nitrogens is 1. The number of piperidine rings is 1. The van der Waals surface area contributed by atoms with Crippen LogP contribution in [0.25, 0.3) is 10.8 Å². The fraction of sp³-hybridized carbons (Fsp3) is 0.438. The number of anilines is 1. The molecule has 0 amide bonds. The molecule has 0 bridgehead atoms. The van der Waals surface area contributed by atoms with Gasteiger partial charge in [0.25, 0.3) is 5.56 Å². The Hall–Kier alpha value is -2.37. The molecule has 2 heterocycles. The highest BCUT2D eigenvalue weighted by Gasteiger charge is 2.28. The number of esters is 1. The molecule has 1 unspecified atom stereocenters. The van der Waals surface area contributed by atoms with Crippen molar-refractivity contribution in [3.63, 3.8) is 0 Å². The summed E-state index contributed by atoms with van der Waals surface area (Å²) in [5.74, 6) is 0.436. The summed E-state index contributed by atoms with van der Waals surface area (Å²) >= 11 is 0. The summed E-state index contributed by atoms with van der Waals surface area (Å²) < 4.78 is 5.13. The van der Waals surface area contributed by atoms with Crippen molar-refractivity contribution in [1.82, 2.24) is 10.2 Å². The molecule has 0 radical (unpaired) electrons. The maximum absolute atomic E-state index is 12.0. The Morgan fingerprint density at radius 1 is 1.41 bits per heavy atom. The number of hydrogen-bond acceptors (Lipinski definition) is 5. The number of ether oxygens (including phenoxy) is 1. The van der Waals surface area contributed by atoms with Gasteiger partial charge in [-0.3, -0.25) is 9.59 Å². The van der Waals surface area contributed by atoms with E-state index in [0.29, 0.717) is 18.5 Å². The molecule has 0 aliphatic carbocycles. The molecule has 1 aliphatic rings. The molecular formula is C16H19N3O3.